The van der Waals surface area contributed by atoms with Gasteiger partial charge in [0, 0.05) is 25.0 Å². The molecule has 0 fully saturated rings. The summed E-state index contributed by atoms with van der Waals surface area (Å²) in [6.07, 6.45) is -5.87. The summed E-state index contributed by atoms with van der Waals surface area (Å²) in [6, 6.07) is 20.6. The predicted molar refractivity (Wildman–Crippen MR) is 155 cm³/mol. The number of halogens is 3. The molecule has 0 unspecified atom stereocenters. The zero-order chi connectivity index (χ0) is 31.8. The lowest BCUT2D eigenvalue weighted by molar-refractivity contribution is -0.136. The fourth-order valence-electron chi connectivity index (χ4n) is 4.54. The number of nitrogens with one attached hydrogen (secondary N) is 2. The van der Waals surface area contributed by atoms with Crippen LogP contribution in [0.1, 0.15) is 30.1 Å². The number of hydrazine groups is 1. The molecule has 2 atom stereocenters. The van der Waals surface area contributed by atoms with Gasteiger partial charge in [-0.25, -0.2) is 18.8 Å². The maximum atomic E-state index is 13.8. The van der Waals surface area contributed by atoms with Crippen molar-refractivity contribution in [1.29, 1.82) is 0 Å². The Morgan fingerprint density at radius 2 is 1.77 bits per heavy atom. The van der Waals surface area contributed by atoms with E-state index in [0.717, 1.165) is 0 Å². The van der Waals surface area contributed by atoms with Gasteiger partial charge in [0.15, 0.2) is 21.5 Å². The fraction of sp³-hybridized carbons (Fsp3) is 0.333. The normalized spacial score (nSPS) is 18.3. The summed E-state index contributed by atoms with van der Waals surface area (Å²) < 4.78 is 82.5. The van der Waals surface area contributed by atoms with Gasteiger partial charge in [0.25, 0.3) is 5.91 Å². The van der Waals surface area contributed by atoms with Crippen molar-refractivity contribution in [3.8, 4) is 11.5 Å². The van der Waals surface area contributed by atoms with Gasteiger partial charge in [-0.15, -0.1) is 0 Å². The van der Waals surface area contributed by atoms with Crippen LogP contribution in [-0.2, 0) is 19.4 Å². The number of alkyl halides is 3. The van der Waals surface area contributed by atoms with Crippen LogP contribution < -0.4 is 20.3 Å². The van der Waals surface area contributed by atoms with E-state index < -0.39 is 52.3 Å². The van der Waals surface area contributed by atoms with E-state index in [1.54, 1.807) is 66.7 Å². The number of rotatable bonds is 14. The molecule has 1 aliphatic rings. The number of methoxy groups -OCH3 is 1. The highest BCUT2D eigenvalue weighted by atomic mass is 32.2. The molecule has 0 aromatic heterocycles. The number of amides is 1. The number of benzene rings is 3. The number of hydrogen-bond donors (Lipinski definition) is 3. The Morgan fingerprint density at radius 3 is 2.43 bits per heavy atom. The van der Waals surface area contributed by atoms with Gasteiger partial charge in [0.05, 0.1) is 24.4 Å². The van der Waals surface area contributed by atoms with Crippen molar-refractivity contribution in [2.24, 2.45) is 4.99 Å². The van der Waals surface area contributed by atoms with Crippen LogP contribution in [0.15, 0.2) is 88.8 Å². The molecule has 0 aliphatic carbocycles. The lowest BCUT2D eigenvalue weighted by Gasteiger charge is -2.30. The Balaban J connectivity index is 1.77. The van der Waals surface area contributed by atoms with Crippen molar-refractivity contribution in [1.82, 2.24) is 10.9 Å². The molecular weight excluding hydrogens is 603 g/mol. The molecule has 3 N–H and O–H groups in total. The van der Waals surface area contributed by atoms with Crippen LogP contribution in [0.2, 0.25) is 0 Å². The molecule has 0 bridgehead atoms. The van der Waals surface area contributed by atoms with Crippen LogP contribution in [0.5, 0.6) is 11.5 Å². The lowest BCUT2D eigenvalue weighted by Crippen LogP contribution is -2.54. The minimum atomic E-state index is -4.63. The van der Waals surface area contributed by atoms with Gasteiger partial charge in [0.1, 0.15) is 18.0 Å². The van der Waals surface area contributed by atoms with Crippen molar-refractivity contribution in [3.63, 3.8) is 0 Å². The molecule has 0 spiro atoms. The molecule has 4 rings (SSSR count). The van der Waals surface area contributed by atoms with E-state index in [1.165, 1.54) is 19.2 Å². The van der Waals surface area contributed by atoms with Crippen molar-refractivity contribution in [3.05, 3.63) is 90.0 Å². The van der Waals surface area contributed by atoms with Gasteiger partial charge < -0.3 is 19.3 Å². The van der Waals surface area contributed by atoms with Crippen LogP contribution in [0.25, 0.3) is 0 Å². The molecule has 10 nitrogen and oxygen atoms in total. The molecule has 0 saturated carbocycles. The first-order chi connectivity index (χ1) is 21.0. The third-order valence-corrected chi connectivity index (χ3v) is 8.50. The van der Waals surface area contributed by atoms with E-state index in [9.17, 15) is 26.4 Å². The zero-order valence-electron chi connectivity index (χ0n) is 23.7. The quantitative estimate of drug-likeness (QED) is 0.180. The van der Waals surface area contributed by atoms with Crippen molar-refractivity contribution >= 4 is 21.6 Å². The molecule has 1 aliphatic heterocycles. The molecule has 0 saturated heterocycles. The highest BCUT2D eigenvalue weighted by Gasteiger charge is 2.54. The van der Waals surface area contributed by atoms with Crippen LogP contribution in [0.3, 0.4) is 0 Å². The van der Waals surface area contributed by atoms with Crippen LogP contribution in [-0.4, -0.2) is 69.7 Å². The Labute approximate surface area is 252 Å². The Hall–Kier alpha value is -4.14. The molecular formula is C30H32F3N3O7S. The number of sulfone groups is 1. The second-order valence-electron chi connectivity index (χ2n) is 9.87. The topological polar surface area (TPSA) is 136 Å². The SMILES string of the molecule is COc1cccc([C@@H]2OC(c3ccc(OCCCO)cc3)=N[C@]2(CCS(=O)(=O)c2ccccc2)C(=O)NNCC(F)(F)F)c1. The Kier molecular flexibility index (Phi) is 10.5. The van der Waals surface area contributed by atoms with Gasteiger partial charge in [-0.2, -0.15) is 13.2 Å². The van der Waals surface area contributed by atoms with Gasteiger partial charge in [0.2, 0.25) is 5.90 Å². The number of ether oxygens (including phenoxy) is 3. The van der Waals surface area contributed by atoms with Crippen molar-refractivity contribution in [2.75, 3.05) is 32.6 Å². The summed E-state index contributed by atoms with van der Waals surface area (Å²) in [7, 11) is -2.51. The number of aliphatic hydroxyl groups excluding tert-OH is 1. The van der Waals surface area contributed by atoms with E-state index in [2.05, 4.69) is 10.4 Å². The number of hydrogen-bond acceptors (Lipinski definition) is 9. The third kappa shape index (κ3) is 8.07. The average Bonchev–Trinajstić information content (AvgIpc) is 3.41. The summed E-state index contributed by atoms with van der Waals surface area (Å²) >= 11 is 0. The van der Waals surface area contributed by atoms with E-state index in [0.29, 0.717) is 29.0 Å². The maximum Gasteiger partial charge on any atom is 0.402 e. The summed E-state index contributed by atoms with van der Waals surface area (Å²) in [6.45, 7) is -1.28. The minimum absolute atomic E-state index is 0.0172. The van der Waals surface area contributed by atoms with E-state index in [-0.39, 0.29) is 24.0 Å². The maximum absolute atomic E-state index is 13.8. The first-order valence-electron chi connectivity index (χ1n) is 13.6. The molecule has 14 heteroatoms. The monoisotopic (exact) mass is 635 g/mol. The summed E-state index contributed by atoms with van der Waals surface area (Å²) in [5, 5.41) is 8.98. The second kappa shape index (κ2) is 14.1. The Morgan fingerprint density at radius 1 is 1.05 bits per heavy atom. The molecule has 1 amide bonds. The van der Waals surface area contributed by atoms with Gasteiger partial charge >= 0.3 is 6.18 Å². The van der Waals surface area contributed by atoms with E-state index in [1.807, 2.05) is 5.43 Å². The highest BCUT2D eigenvalue weighted by molar-refractivity contribution is 7.91. The van der Waals surface area contributed by atoms with Gasteiger partial charge in [-0.05, 0) is 54.1 Å². The van der Waals surface area contributed by atoms with Crippen LogP contribution in [0.4, 0.5) is 13.2 Å². The number of aliphatic hydroxyl groups is 1. The minimum Gasteiger partial charge on any atom is -0.497 e. The zero-order valence-corrected chi connectivity index (χ0v) is 24.5. The molecule has 44 heavy (non-hydrogen) atoms. The molecule has 0 radical (unpaired) electrons. The second-order valence-corrected chi connectivity index (χ2v) is 12.0. The van der Waals surface area contributed by atoms with Crippen LogP contribution in [0, 0.1) is 0 Å². The molecule has 3 aromatic carbocycles. The van der Waals surface area contributed by atoms with Crippen molar-refractivity contribution in [2.45, 2.75) is 35.6 Å². The molecule has 1 heterocycles. The Bertz CT molecular complexity index is 1550. The number of nitrogens with zero attached hydrogens (tertiary/aromatic N) is 1. The fourth-order valence-corrected chi connectivity index (χ4v) is 5.93. The first kappa shape index (κ1) is 32.8. The highest BCUT2D eigenvalue weighted by Crippen LogP contribution is 2.43. The van der Waals surface area contributed by atoms with Gasteiger partial charge in [-0.1, -0.05) is 30.3 Å². The summed E-state index contributed by atoms with van der Waals surface area (Å²) in [4.78, 5) is 18.4. The number of carbonyl (C=O) groups excluding carboxylic acids is 1. The molecule has 236 valence electrons. The third-order valence-electron chi connectivity index (χ3n) is 6.77. The predicted octanol–water partition coefficient (Wildman–Crippen LogP) is 3.76. The summed E-state index contributed by atoms with van der Waals surface area (Å²) in [5.74, 6) is -0.702. The average molecular weight is 636 g/mol. The van der Waals surface area contributed by atoms with Crippen LogP contribution >= 0.6 is 0 Å². The lowest BCUT2D eigenvalue weighted by atomic mass is 9.85. The number of carbonyl (C=O) groups is 1. The van der Waals surface area contributed by atoms with Crippen molar-refractivity contribution < 1.29 is 45.7 Å². The number of aliphatic imine (C=N–C) groups is 1. The van der Waals surface area contributed by atoms with E-state index in [4.69, 9.17) is 19.3 Å². The van der Waals surface area contributed by atoms with E-state index >= 15 is 0 Å². The smallest absolute Gasteiger partial charge is 0.402 e. The summed E-state index contributed by atoms with van der Waals surface area (Å²) in [5.41, 5.74) is 2.73. The largest absolute Gasteiger partial charge is 0.497 e. The molecule has 3 aromatic rings. The van der Waals surface area contributed by atoms with Gasteiger partial charge in [-0.3, -0.25) is 10.2 Å². The first-order valence-corrected chi connectivity index (χ1v) is 15.2. The standard InChI is InChI=1S/C30H32F3N3O7S/c1-41-24-8-5-7-22(19-24)26-29(28(38)36-34-20-30(31,32)33,15-18-44(39,40)25-9-3-2-4-10-25)35-27(43-26)21-11-13-23(14-12-21)42-17-6-16-37/h2-5,7-14,19,26,34,37H,6,15-18,20H2,1H3,(H,36,38)/t26-,29-/m0/s1.